The van der Waals surface area contributed by atoms with Crippen molar-refractivity contribution in [2.75, 3.05) is 38.1 Å². The molecule has 7 nitrogen and oxygen atoms in total. The van der Waals surface area contributed by atoms with Gasteiger partial charge in [-0.05, 0) is 24.3 Å². The second-order valence-electron chi connectivity index (χ2n) is 7.06. The lowest BCUT2D eigenvalue weighted by molar-refractivity contribution is 0.369. The molecule has 31 heavy (non-hydrogen) atoms. The van der Waals surface area contributed by atoms with Gasteiger partial charge in [-0.1, -0.05) is 30.3 Å². The normalized spacial score (nSPS) is 14.5. The maximum Gasteiger partial charge on any atom is 0.225 e. The van der Waals surface area contributed by atoms with Crippen LogP contribution in [0.2, 0.25) is 0 Å². The van der Waals surface area contributed by atoms with Crippen LogP contribution < -0.4 is 15.0 Å². The van der Waals surface area contributed by atoms with Gasteiger partial charge in [-0.15, -0.1) is 0 Å². The van der Waals surface area contributed by atoms with E-state index < -0.39 is 0 Å². The molecule has 3 aromatic rings. The Labute approximate surface area is 181 Å². The first-order chi connectivity index (χ1) is 15.2. The Bertz CT molecular complexity index is 1020. The Hall–Kier alpha value is -3.68. The smallest absolute Gasteiger partial charge is 0.225 e. The number of nitrogens with zero attached hydrogens (tertiary/aromatic N) is 5. The summed E-state index contributed by atoms with van der Waals surface area (Å²) in [5.41, 5.74) is 0.920. The van der Waals surface area contributed by atoms with E-state index in [0.717, 1.165) is 43.7 Å². The van der Waals surface area contributed by atoms with E-state index in [1.807, 2.05) is 30.3 Å². The zero-order valence-corrected chi connectivity index (χ0v) is 17.4. The van der Waals surface area contributed by atoms with Crippen LogP contribution in [0.5, 0.6) is 11.5 Å². The van der Waals surface area contributed by atoms with Gasteiger partial charge in [0.25, 0.3) is 0 Å². The van der Waals surface area contributed by atoms with Crippen LogP contribution in [0.1, 0.15) is 5.56 Å². The molecule has 0 radical (unpaired) electrons. The molecule has 1 aliphatic heterocycles. The van der Waals surface area contributed by atoms with Crippen LogP contribution in [0.4, 0.5) is 10.3 Å². The Balaban J connectivity index is 1.37. The van der Waals surface area contributed by atoms with Crippen molar-refractivity contribution in [3.8, 4) is 11.5 Å². The highest BCUT2D eigenvalue weighted by molar-refractivity contribution is 5.80. The molecule has 0 atom stereocenters. The summed E-state index contributed by atoms with van der Waals surface area (Å²) in [6.07, 6.45) is 3.52. The minimum atomic E-state index is -0.388. The molecule has 0 bridgehead atoms. The number of anilines is 1. The number of benzene rings is 2. The summed E-state index contributed by atoms with van der Waals surface area (Å²) in [5.74, 6) is 2.00. The van der Waals surface area contributed by atoms with E-state index in [4.69, 9.17) is 4.74 Å². The Morgan fingerprint density at radius 3 is 2.35 bits per heavy atom. The molecule has 0 unspecified atom stereocenters. The topological polar surface area (TPSA) is 65.9 Å². The van der Waals surface area contributed by atoms with Gasteiger partial charge in [0.05, 0.1) is 0 Å². The van der Waals surface area contributed by atoms with Crippen molar-refractivity contribution >= 4 is 11.9 Å². The number of guanidine groups is 1. The predicted molar refractivity (Wildman–Crippen MR) is 119 cm³/mol. The van der Waals surface area contributed by atoms with Gasteiger partial charge in [-0.2, -0.15) is 0 Å². The van der Waals surface area contributed by atoms with E-state index in [0.29, 0.717) is 12.3 Å². The van der Waals surface area contributed by atoms with Crippen LogP contribution in [0.25, 0.3) is 0 Å². The maximum atomic E-state index is 14.0. The van der Waals surface area contributed by atoms with Crippen molar-refractivity contribution < 1.29 is 9.13 Å². The van der Waals surface area contributed by atoms with E-state index in [-0.39, 0.29) is 11.6 Å². The highest BCUT2D eigenvalue weighted by Crippen LogP contribution is 2.27. The van der Waals surface area contributed by atoms with Crippen LogP contribution >= 0.6 is 0 Å². The molecule has 1 N–H and O–H groups in total. The average molecular weight is 420 g/mol. The van der Waals surface area contributed by atoms with E-state index in [1.165, 1.54) is 6.07 Å². The molecular weight excluding hydrogens is 395 g/mol. The standard InChI is InChI=1S/C23H25FN6O/c1-25-22(29-13-15-30(16-14-29)23-26-11-6-12-27-23)28-17-18-7-2-4-9-20(18)31-21-10-5-3-8-19(21)24/h2-12H,13-17H2,1H3,(H,25,28). The minimum Gasteiger partial charge on any atom is -0.454 e. The van der Waals surface area contributed by atoms with Crippen molar-refractivity contribution in [1.82, 2.24) is 20.2 Å². The molecule has 0 saturated carbocycles. The monoisotopic (exact) mass is 420 g/mol. The highest BCUT2D eigenvalue weighted by atomic mass is 19.1. The van der Waals surface area contributed by atoms with E-state index >= 15 is 0 Å². The summed E-state index contributed by atoms with van der Waals surface area (Å²) in [7, 11) is 1.77. The molecule has 2 heterocycles. The second kappa shape index (κ2) is 9.88. The molecule has 2 aromatic carbocycles. The van der Waals surface area contributed by atoms with Gasteiger partial charge in [0.15, 0.2) is 17.5 Å². The predicted octanol–water partition coefficient (Wildman–Crippen LogP) is 3.31. The number of nitrogens with one attached hydrogen (secondary N) is 1. The number of ether oxygens (including phenoxy) is 1. The molecular formula is C23H25FN6O. The number of aromatic nitrogens is 2. The largest absolute Gasteiger partial charge is 0.454 e. The summed E-state index contributed by atoms with van der Waals surface area (Å²) in [5, 5.41) is 3.40. The minimum absolute atomic E-state index is 0.207. The summed E-state index contributed by atoms with van der Waals surface area (Å²) in [6, 6.07) is 15.8. The fraction of sp³-hybridized carbons (Fsp3) is 0.261. The maximum absolute atomic E-state index is 14.0. The van der Waals surface area contributed by atoms with Gasteiger partial charge in [0.2, 0.25) is 5.95 Å². The summed E-state index contributed by atoms with van der Waals surface area (Å²) < 4.78 is 19.8. The summed E-state index contributed by atoms with van der Waals surface area (Å²) in [4.78, 5) is 17.5. The average Bonchev–Trinajstić information content (AvgIpc) is 2.83. The van der Waals surface area contributed by atoms with Crippen molar-refractivity contribution in [1.29, 1.82) is 0 Å². The molecule has 0 spiro atoms. The van der Waals surface area contributed by atoms with Crippen LogP contribution in [-0.2, 0) is 6.54 Å². The lowest BCUT2D eigenvalue weighted by atomic mass is 10.2. The quantitative estimate of drug-likeness (QED) is 0.505. The lowest BCUT2D eigenvalue weighted by Crippen LogP contribution is -2.52. The third-order valence-corrected chi connectivity index (χ3v) is 5.09. The Morgan fingerprint density at radius 1 is 0.968 bits per heavy atom. The number of rotatable bonds is 5. The summed E-state index contributed by atoms with van der Waals surface area (Å²) in [6.45, 7) is 3.77. The molecule has 1 fully saturated rings. The van der Waals surface area contributed by atoms with E-state index in [1.54, 1.807) is 37.6 Å². The van der Waals surface area contributed by atoms with Gasteiger partial charge >= 0.3 is 0 Å². The van der Waals surface area contributed by atoms with Crippen molar-refractivity contribution in [2.24, 2.45) is 4.99 Å². The SMILES string of the molecule is CN=C(NCc1ccccc1Oc1ccccc1F)N1CCN(c2ncccn2)CC1. The second-order valence-corrected chi connectivity index (χ2v) is 7.06. The number of hydrogen-bond acceptors (Lipinski definition) is 5. The first-order valence-electron chi connectivity index (χ1n) is 10.2. The number of hydrogen-bond donors (Lipinski definition) is 1. The lowest BCUT2D eigenvalue weighted by Gasteiger charge is -2.36. The molecule has 8 heteroatoms. The molecule has 0 amide bonds. The van der Waals surface area contributed by atoms with Crippen LogP contribution in [0.3, 0.4) is 0 Å². The van der Waals surface area contributed by atoms with Crippen LogP contribution in [0, 0.1) is 5.82 Å². The van der Waals surface area contributed by atoms with Gasteiger partial charge in [-0.3, -0.25) is 4.99 Å². The van der Waals surface area contributed by atoms with Crippen molar-refractivity contribution in [2.45, 2.75) is 6.54 Å². The molecule has 1 aromatic heterocycles. The Kier molecular flexibility index (Phi) is 6.56. The van der Waals surface area contributed by atoms with Gasteiger partial charge in [0.1, 0.15) is 5.75 Å². The van der Waals surface area contributed by atoms with Crippen molar-refractivity contribution in [3.05, 3.63) is 78.4 Å². The molecule has 0 aliphatic carbocycles. The van der Waals surface area contributed by atoms with Crippen LogP contribution in [0.15, 0.2) is 72.0 Å². The summed E-state index contributed by atoms with van der Waals surface area (Å²) >= 11 is 0. The molecule has 4 rings (SSSR count). The first kappa shape index (κ1) is 20.6. The van der Waals surface area contributed by atoms with E-state index in [2.05, 4.69) is 30.1 Å². The van der Waals surface area contributed by atoms with Crippen molar-refractivity contribution in [3.63, 3.8) is 0 Å². The third kappa shape index (κ3) is 5.09. The van der Waals surface area contributed by atoms with Gasteiger partial charge in [-0.25, -0.2) is 14.4 Å². The zero-order valence-electron chi connectivity index (χ0n) is 17.4. The zero-order chi connectivity index (χ0) is 21.5. The van der Waals surface area contributed by atoms with Gasteiger partial charge in [0, 0.05) is 57.7 Å². The molecule has 160 valence electrons. The number of piperazine rings is 1. The number of para-hydroxylation sites is 2. The van der Waals surface area contributed by atoms with Gasteiger partial charge < -0.3 is 19.9 Å². The fourth-order valence-corrected chi connectivity index (χ4v) is 3.47. The fourth-order valence-electron chi connectivity index (χ4n) is 3.47. The van der Waals surface area contributed by atoms with Crippen LogP contribution in [-0.4, -0.2) is 54.1 Å². The van der Waals surface area contributed by atoms with E-state index in [9.17, 15) is 4.39 Å². The highest BCUT2D eigenvalue weighted by Gasteiger charge is 2.21. The number of halogens is 1. The molecule has 1 aliphatic rings. The third-order valence-electron chi connectivity index (χ3n) is 5.09. The molecule has 1 saturated heterocycles. The Morgan fingerprint density at radius 2 is 1.65 bits per heavy atom. The number of aliphatic imine (C=N–C) groups is 1. The first-order valence-corrected chi connectivity index (χ1v) is 10.2.